The van der Waals surface area contributed by atoms with Crippen molar-refractivity contribution in [3.05, 3.63) is 24.3 Å². The molecule has 2 radical (unpaired) electrons. The first-order valence-corrected chi connectivity index (χ1v) is 3.22. The second kappa shape index (κ2) is 5.83. The number of rotatable bonds is 1. The average Bonchev–Trinajstić information content (AvgIpc) is 1.90. The predicted molar refractivity (Wildman–Crippen MR) is 38.5 cm³/mol. The van der Waals surface area contributed by atoms with Gasteiger partial charge in [0.15, 0.2) is 0 Å². The zero-order valence-corrected chi connectivity index (χ0v) is 9.64. The topological polar surface area (TPSA) is 23.1 Å². The minimum Gasteiger partial charge on any atom is -0.795 e. The van der Waals surface area contributed by atoms with E-state index in [9.17, 15) is 4.55 Å². The fourth-order valence-corrected chi connectivity index (χ4v) is 0.771. The molecule has 4 heteroatoms. The van der Waals surface area contributed by atoms with E-state index in [2.05, 4.69) is 0 Å². The Kier molecular flexibility index (Phi) is 6.55. The molecule has 0 bridgehead atoms. The molecule has 1 aromatic carbocycles. The largest absolute Gasteiger partial charge is 1.00 e. The summed E-state index contributed by atoms with van der Waals surface area (Å²) in [6.45, 7) is 0. The third-order valence-corrected chi connectivity index (χ3v) is 1.44. The molecule has 0 spiro atoms. The molecule has 44 valence electrons. The average molecular weight is 174 g/mol. The molecular formula is C6H4BKOS. The van der Waals surface area contributed by atoms with Gasteiger partial charge in [0, 0.05) is 0 Å². The van der Waals surface area contributed by atoms with Crippen molar-refractivity contribution in [2.75, 3.05) is 0 Å². The molecule has 0 amide bonds. The summed E-state index contributed by atoms with van der Waals surface area (Å²) in [4.78, 5) is 0.698. The van der Waals surface area contributed by atoms with Crippen molar-refractivity contribution in [3.8, 4) is 0 Å². The molecule has 0 saturated carbocycles. The molecule has 0 aromatic heterocycles. The van der Waals surface area contributed by atoms with Crippen LogP contribution in [0.2, 0.25) is 0 Å². The molecule has 0 aliphatic rings. The van der Waals surface area contributed by atoms with Gasteiger partial charge in [-0.3, -0.25) is 0 Å². The molecule has 0 aliphatic heterocycles. The van der Waals surface area contributed by atoms with Crippen LogP contribution in [0.25, 0.3) is 0 Å². The summed E-state index contributed by atoms with van der Waals surface area (Å²) in [5.74, 6) is 0. The van der Waals surface area contributed by atoms with E-state index in [1.807, 2.05) is 0 Å². The fraction of sp³-hybridized carbons (Fsp3) is 0. The maximum Gasteiger partial charge on any atom is 1.00 e. The molecule has 1 nitrogen and oxygen atoms in total. The van der Waals surface area contributed by atoms with Gasteiger partial charge >= 0.3 is 51.4 Å². The number of benzene rings is 1. The third-order valence-electron chi connectivity index (χ3n) is 0.976. The summed E-state index contributed by atoms with van der Waals surface area (Å²) >= 11 is 0.472. The van der Waals surface area contributed by atoms with Gasteiger partial charge in [0.25, 0.3) is 0 Å². The van der Waals surface area contributed by atoms with Crippen LogP contribution in [-0.4, -0.2) is 12.4 Å². The van der Waals surface area contributed by atoms with Crippen molar-refractivity contribution < 1.29 is 55.9 Å². The van der Waals surface area contributed by atoms with E-state index < -0.39 is 0 Å². The maximum absolute atomic E-state index is 10.1. The molecule has 0 N–H and O–H groups in total. The molecule has 1 aromatic rings. The summed E-state index contributed by atoms with van der Waals surface area (Å²) in [6, 6.07) is 6.82. The van der Waals surface area contributed by atoms with E-state index in [1.165, 1.54) is 0 Å². The zero-order valence-electron chi connectivity index (χ0n) is 5.70. The molecule has 0 fully saturated rings. The molecule has 0 aliphatic carbocycles. The van der Waals surface area contributed by atoms with Crippen LogP contribution in [0.5, 0.6) is 0 Å². The monoisotopic (exact) mass is 174 g/mol. The Morgan fingerprint density at radius 3 is 2.10 bits per heavy atom. The van der Waals surface area contributed by atoms with Gasteiger partial charge in [-0.15, -0.1) is 0 Å². The third kappa shape index (κ3) is 3.57. The van der Waals surface area contributed by atoms with Crippen LogP contribution in [0.3, 0.4) is 0 Å². The zero-order chi connectivity index (χ0) is 6.69. The summed E-state index contributed by atoms with van der Waals surface area (Å²) < 4.78 is 10.1. The fourth-order valence-electron chi connectivity index (χ4n) is 0.523. The number of hydrogen-bond acceptors (Lipinski definition) is 2. The first-order chi connectivity index (χ1) is 4.33. The Bertz CT molecular complexity index is 189. The van der Waals surface area contributed by atoms with Crippen LogP contribution in [-0.2, 0) is 0 Å². The van der Waals surface area contributed by atoms with E-state index in [0.717, 1.165) is 0 Å². The normalized spacial score (nSPS) is 8.50. The Hall–Kier alpha value is 1.23. The van der Waals surface area contributed by atoms with Crippen molar-refractivity contribution in [1.29, 1.82) is 0 Å². The first-order valence-electron chi connectivity index (χ1n) is 2.48. The van der Waals surface area contributed by atoms with E-state index in [1.54, 1.807) is 24.3 Å². The van der Waals surface area contributed by atoms with E-state index in [0.29, 0.717) is 22.4 Å². The Morgan fingerprint density at radius 2 is 1.70 bits per heavy atom. The van der Waals surface area contributed by atoms with Crippen molar-refractivity contribution >= 4 is 25.4 Å². The van der Waals surface area contributed by atoms with Crippen LogP contribution in [0, 0.1) is 0 Å². The second-order valence-corrected chi connectivity index (χ2v) is 2.29. The standard InChI is InChI=1S/C6H5BOS.K/c7-5-1-3-6(9-8)4-2-5;/h1-4,8H;/q;+1/p-1. The van der Waals surface area contributed by atoms with Crippen molar-refractivity contribution in [1.82, 2.24) is 0 Å². The smallest absolute Gasteiger partial charge is 0.795 e. The summed E-state index contributed by atoms with van der Waals surface area (Å²) in [7, 11) is 5.37. The van der Waals surface area contributed by atoms with Crippen LogP contribution < -0.4 is 56.8 Å². The van der Waals surface area contributed by atoms with Crippen LogP contribution >= 0.6 is 12.0 Å². The van der Waals surface area contributed by atoms with Crippen LogP contribution in [0.4, 0.5) is 0 Å². The second-order valence-electron chi connectivity index (χ2n) is 1.65. The molecular weight excluding hydrogens is 170 g/mol. The molecule has 0 atom stereocenters. The molecule has 10 heavy (non-hydrogen) atoms. The van der Waals surface area contributed by atoms with Gasteiger partial charge in [-0.1, -0.05) is 29.7 Å². The Labute approximate surface area is 109 Å². The van der Waals surface area contributed by atoms with Crippen molar-refractivity contribution in [2.45, 2.75) is 4.90 Å². The van der Waals surface area contributed by atoms with E-state index in [4.69, 9.17) is 7.85 Å². The van der Waals surface area contributed by atoms with E-state index >= 15 is 0 Å². The summed E-state index contributed by atoms with van der Waals surface area (Å²) in [5.41, 5.74) is 0.688. The predicted octanol–water partition coefficient (Wildman–Crippen LogP) is -2.29. The van der Waals surface area contributed by atoms with Gasteiger partial charge < -0.3 is 4.55 Å². The SMILES string of the molecule is [B]c1ccc(S[O-])cc1.[K+]. The van der Waals surface area contributed by atoms with Gasteiger partial charge in [-0.2, -0.15) is 0 Å². The van der Waals surface area contributed by atoms with Crippen LogP contribution in [0.1, 0.15) is 0 Å². The minimum atomic E-state index is 0. The van der Waals surface area contributed by atoms with E-state index in [-0.39, 0.29) is 51.4 Å². The van der Waals surface area contributed by atoms with Gasteiger partial charge in [-0.25, -0.2) is 12.0 Å². The number of hydrogen-bond donors (Lipinski definition) is 0. The molecule has 0 unspecified atom stereocenters. The quantitative estimate of drug-likeness (QED) is 0.353. The molecule has 1 rings (SSSR count). The summed E-state index contributed by atoms with van der Waals surface area (Å²) in [5, 5.41) is 0. The maximum atomic E-state index is 10.1. The van der Waals surface area contributed by atoms with Crippen molar-refractivity contribution in [2.24, 2.45) is 0 Å². The van der Waals surface area contributed by atoms with Gasteiger partial charge in [0.05, 0.1) is 0 Å². The Morgan fingerprint density at radius 1 is 1.20 bits per heavy atom. The molecule has 0 heterocycles. The van der Waals surface area contributed by atoms with Gasteiger partial charge in [-0.05, 0) is 4.90 Å². The van der Waals surface area contributed by atoms with Gasteiger partial charge in [0.1, 0.15) is 7.85 Å². The van der Waals surface area contributed by atoms with Crippen molar-refractivity contribution in [3.63, 3.8) is 0 Å². The minimum absolute atomic E-state index is 0. The first kappa shape index (κ1) is 11.2. The Balaban J connectivity index is 0.000000810. The molecule has 0 saturated heterocycles. The summed E-state index contributed by atoms with van der Waals surface area (Å²) in [6.07, 6.45) is 0. The van der Waals surface area contributed by atoms with Crippen LogP contribution in [0.15, 0.2) is 29.2 Å². The van der Waals surface area contributed by atoms with Gasteiger partial charge in [0.2, 0.25) is 0 Å².